The van der Waals surface area contributed by atoms with Gasteiger partial charge in [-0.25, -0.2) is 0 Å². The highest BCUT2D eigenvalue weighted by Crippen LogP contribution is 2.04. The van der Waals surface area contributed by atoms with E-state index in [-0.39, 0.29) is 12.0 Å². The largest absolute Gasteiger partial charge is 0.469 e. The number of nitrogens with two attached hydrogens (primary N) is 1. The molecule has 0 aromatic rings. The second kappa shape index (κ2) is 7.60. The van der Waals surface area contributed by atoms with Crippen LogP contribution in [0.15, 0.2) is 0 Å². The van der Waals surface area contributed by atoms with E-state index in [1.807, 2.05) is 0 Å². The Morgan fingerprint density at radius 2 is 2.12 bits per heavy atom. The fraction of sp³-hybridized carbons (Fsp3) is 0.909. The summed E-state index contributed by atoms with van der Waals surface area (Å²) in [6, 6.07) is 0.0851. The smallest absolute Gasteiger partial charge is 0.305 e. The highest BCUT2D eigenvalue weighted by Gasteiger charge is 2.12. The van der Waals surface area contributed by atoms with Crippen molar-refractivity contribution in [1.29, 1.82) is 0 Å². The highest BCUT2D eigenvalue weighted by molar-refractivity contribution is 5.69. The number of carbonyl (C=O) groups is 1. The number of methoxy groups -OCH3 is 1. The standard InChI is InChI=1S/C11H22N2O3/c1-15-11(14)3-2-10(12)4-5-13-6-8-16-9-7-13/h10H,2-9,12H2,1H3. The number of carbonyl (C=O) groups excluding carboxylic acids is 1. The van der Waals surface area contributed by atoms with Crippen LogP contribution >= 0.6 is 0 Å². The molecule has 0 bridgehead atoms. The van der Waals surface area contributed by atoms with Crippen LogP contribution in [0.2, 0.25) is 0 Å². The SMILES string of the molecule is COC(=O)CCC(N)CCN1CCOCC1. The number of rotatable bonds is 6. The van der Waals surface area contributed by atoms with Gasteiger partial charge in [-0.05, 0) is 19.4 Å². The van der Waals surface area contributed by atoms with E-state index in [1.54, 1.807) is 0 Å². The van der Waals surface area contributed by atoms with E-state index in [0.717, 1.165) is 39.3 Å². The molecule has 1 saturated heterocycles. The molecular weight excluding hydrogens is 208 g/mol. The molecule has 0 amide bonds. The van der Waals surface area contributed by atoms with Crippen molar-refractivity contribution in [3.63, 3.8) is 0 Å². The summed E-state index contributed by atoms with van der Waals surface area (Å²) in [6.07, 6.45) is 2.05. The number of hydrogen-bond donors (Lipinski definition) is 1. The maximum absolute atomic E-state index is 10.9. The molecule has 94 valence electrons. The van der Waals surface area contributed by atoms with Gasteiger partial charge in [-0.2, -0.15) is 0 Å². The lowest BCUT2D eigenvalue weighted by Gasteiger charge is -2.27. The van der Waals surface area contributed by atoms with Crippen molar-refractivity contribution in [3.05, 3.63) is 0 Å². The van der Waals surface area contributed by atoms with Crippen molar-refractivity contribution in [2.24, 2.45) is 5.73 Å². The molecule has 0 spiro atoms. The average Bonchev–Trinajstić information content (AvgIpc) is 2.34. The van der Waals surface area contributed by atoms with Gasteiger partial charge in [-0.15, -0.1) is 0 Å². The van der Waals surface area contributed by atoms with Crippen LogP contribution in [0.4, 0.5) is 0 Å². The molecule has 0 aromatic heterocycles. The van der Waals surface area contributed by atoms with Gasteiger partial charge in [-0.3, -0.25) is 9.69 Å². The maximum Gasteiger partial charge on any atom is 0.305 e. The molecule has 1 heterocycles. The van der Waals surface area contributed by atoms with Gasteiger partial charge in [0.15, 0.2) is 0 Å². The monoisotopic (exact) mass is 230 g/mol. The summed E-state index contributed by atoms with van der Waals surface area (Å²) in [5.74, 6) is -0.179. The van der Waals surface area contributed by atoms with E-state index in [2.05, 4.69) is 9.64 Å². The second-order valence-electron chi connectivity index (χ2n) is 4.12. The molecule has 5 nitrogen and oxygen atoms in total. The van der Waals surface area contributed by atoms with Gasteiger partial charge in [0.2, 0.25) is 0 Å². The van der Waals surface area contributed by atoms with Crippen LogP contribution in [0, 0.1) is 0 Å². The molecule has 16 heavy (non-hydrogen) atoms. The summed E-state index contributed by atoms with van der Waals surface area (Å²) in [6.45, 7) is 4.61. The first-order valence-electron chi connectivity index (χ1n) is 5.85. The van der Waals surface area contributed by atoms with Crippen LogP contribution in [-0.2, 0) is 14.3 Å². The molecule has 2 N–H and O–H groups in total. The van der Waals surface area contributed by atoms with Crippen LogP contribution in [0.5, 0.6) is 0 Å². The predicted molar refractivity (Wildman–Crippen MR) is 61.1 cm³/mol. The van der Waals surface area contributed by atoms with Crippen LogP contribution in [-0.4, -0.2) is 56.9 Å². The summed E-state index contributed by atoms with van der Waals surface area (Å²) in [5, 5.41) is 0. The third-order valence-electron chi connectivity index (χ3n) is 2.87. The van der Waals surface area contributed by atoms with Crippen LogP contribution in [0.25, 0.3) is 0 Å². The highest BCUT2D eigenvalue weighted by atomic mass is 16.5. The first-order chi connectivity index (χ1) is 7.72. The van der Waals surface area contributed by atoms with E-state index in [4.69, 9.17) is 10.5 Å². The third kappa shape index (κ3) is 5.44. The number of esters is 1. The lowest BCUT2D eigenvalue weighted by molar-refractivity contribution is -0.140. The summed E-state index contributed by atoms with van der Waals surface area (Å²) in [7, 11) is 1.40. The van der Waals surface area contributed by atoms with Crippen molar-refractivity contribution < 1.29 is 14.3 Å². The normalized spacial score (nSPS) is 19.4. The summed E-state index contributed by atoms with van der Waals surface area (Å²) in [5.41, 5.74) is 5.93. The zero-order valence-electron chi connectivity index (χ0n) is 9.98. The van der Waals surface area contributed by atoms with E-state index >= 15 is 0 Å². The molecule has 0 saturated carbocycles. The lowest BCUT2D eigenvalue weighted by Crippen LogP contribution is -2.39. The van der Waals surface area contributed by atoms with Crippen LogP contribution in [0.3, 0.4) is 0 Å². The Morgan fingerprint density at radius 3 is 2.75 bits per heavy atom. The molecule has 5 heteroatoms. The van der Waals surface area contributed by atoms with Gasteiger partial charge in [-0.1, -0.05) is 0 Å². The van der Waals surface area contributed by atoms with E-state index < -0.39 is 0 Å². The zero-order valence-corrected chi connectivity index (χ0v) is 9.98. The number of ether oxygens (including phenoxy) is 2. The summed E-state index contributed by atoms with van der Waals surface area (Å²) < 4.78 is 9.84. The molecule has 0 aromatic carbocycles. The Hall–Kier alpha value is -0.650. The Balaban J connectivity index is 2.04. The molecule has 1 rings (SSSR count). The molecular formula is C11H22N2O3. The minimum atomic E-state index is -0.179. The zero-order chi connectivity index (χ0) is 11.8. The first-order valence-corrected chi connectivity index (χ1v) is 5.85. The summed E-state index contributed by atoms with van der Waals surface area (Å²) in [4.78, 5) is 13.3. The van der Waals surface area contributed by atoms with Gasteiger partial charge >= 0.3 is 5.97 Å². The van der Waals surface area contributed by atoms with Gasteiger partial charge in [0.05, 0.1) is 20.3 Å². The number of nitrogens with zero attached hydrogens (tertiary/aromatic N) is 1. The van der Waals surface area contributed by atoms with Crippen molar-refractivity contribution in [2.75, 3.05) is 40.0 Å². The van der Waals surface area contributed by atoms with Crippen molar-refractivity contribution in [2.45, 2.75) is 25.3 Å². The molecule has 0 radical (unpaired) electrons. The number of hydrogen-bond acceptors (Lipinski definition) is 5. The molecule has 1 aliphatic heterocycles. The summed E-state index contributed by atoms with van der Waals surface area (Å²) >= 11 is 0. The first kappa shape index (κ1) is 13.4. The van der Waals surface area contributed by atoms with E-state index in [9.17, 15) is 4.79 Å². The number of morpholine rings is 1. The van der Waals surface area contributed by atoms with Gasteiger partial charge in [0, 0.05) is 25.6 Å². The fourth-order valence-electron chi connectivity index (χ4n) is 1.72. The Morgan fingerprint density at radius 1 is 1.44 bits per heavy atom. The average molecular weight is 230 g/mol. The van der Waals surface area contributed by atoms with Crippen LogP contribution in [0.1, 0.15) is 19.3 Å². The maximum atomic E-state index is 10.9. The predicted octanol–water partition coefficient (Wildman–Crippen LogP) is -0.0108. The third-order valence-corrected chi connectivity index (χ3v) is 2.87. The molecule has 1 fully saturated rings. The second-order valence-corrected chi connectivity index (χ2v) is 4.12. The molecule has 0 aliphatic carbocycles. The Kier molecular flexibility index (Phi) is 6.37. The molecule has 1 unspecified atom stereocenters. The van der Waals surface area contributed by atoms with E-state index in [0.29, 0.717) is 12.8 Å². The van der Waals surface area contributed by atoms with Gasteiger partial charge in [0.1, 0.15) is 0 Å². The Labute approximate surface area is 96.9 Å². The minimum absolute atomic E-state index is 0.0851. The Bertz CT molecular complexity index is 205. The van der Waals surface area contributed by atoms with E-state index in [1.165, 1.54) is 7.11 Å². The van der Waals surface area contributed by atoms with Gasteiger partial charge in [0.25, 0.3) is 0 Å². The molecule has 1 atom stereocenters. The quantitative estimate of drug-likeness (QED) is 0.650. The van der Waals surface area contributed by atoms with Gasteiger partial charge < -0.3 is 15.2 Å². The minimum Gasteiger partial charge on any atom is -0.469 e. The topological polar surface area (TPSA) is 64.8 Å². The van der Waals surface area contributed by atoms with Crippen molar-refractivity contribution >= 4 is 5.97 Å². The molecule has 1 aliphatic rings. The van der Waals surface area contributed by atoms with Crippen LogP contribution < -0.4 is 5.73 Å². The lowest BCUT2D eigenvalue weighted by atomic mass is 10.1. The van der Waals surface area contributed by atoms with Crippen molar-refractivity contribution in [3.8, 4) is 0 Å². The fourth-order valence-corrected chi connectivity index (χ4v) is 1.72. The van der Waals surface area contributed by atoms with Crippen molar-refractivity contribution in [1.82, 2.24) is 4.90 Å².